The predicted octanol–water partition coefficient (Wildman–Crippen LogP) is 2.37. The number of carbonyl (C=O) groups is 3. The molecule has 1 rings (SSSR count). The normalized spacial score (nSPS) is 13.5. The van der Waals surface area contributed by atoms with Crippen molar-refractivity contribution in [2.75, 3.05) is 7.11 Å². The number of aryl methyl sites for hydroxylation is 1. The number of nitrogens with one attached hydrogen (secondary N) is 2. The largest absolute Gasteiger partial charge is 0.471 e. The Bertz CT molecular complexity index is 663. The first kappa shape index (κ1) is 23.5. The van der Waals surface area contributed by atoms with Gasteiger partial charge in [0.2, 0.25) is 5.91 Å². The van der Waals surface area contributed by atoms with Gasteiger partial charge in [-0.05, 0) is 30.7 Å². The summed E-state index contributed by atoms with van der Waals surface area (Å²) in [6.07, 6.45) is -4.67. The molecule has 0 aliphatic rings. The number of benzene rings is 1. The van der Waals surface area contributed by atoms with E-state index in [2.05, 4.69) is 10.1 Å². The maximum Gasteiger partial charge on any atom is 0.471 e. The van der Waals surface area contributed by atoms with E-state index in [0.29, 0.717) is 0 Å². The summed E-state index contributed by atoms with van der Waals surface area (Å²) in [5.74, 6) is -3.76. The van der Waals surface area contributed by atoms with E-state index < -0.39 is 36.0 Å². The molecule has 2 N–H and O–H groups in total. The Labute approximate surface area is 161 Å². The number of carbonyl (C=O) groups excluding carboxylic acids is 3. The summed E-state index contributed by atoms with van der Waals surface area (Å²) in [7, 11) is 1.15. The lowest BCUT2D eigenvalue weighted by Crippen LogP contribution is -2.54. The van der Waals surface area contributed by atoms with Crippen LogP contribution in [0.4, 0.5) is 13.2 Å². The second-order valence-electron chi connectivity index (χ2n) is 6.76. The molecule has 1 aromatic rings. The highest BCUT2D eigenvalue weighted by atomic mass is 19.4. The summed E-state index contributed by atoms with van der Waals surface area (Å²) in [4.78, 5) is 35.7. The van der Waals surface area contributed by atoms with Crippen LogP contribution in [-0.4, -0.2) is 43.2 Å². The molecular formula is C19H25F3N2O4. The van der Waals surface area contributed by atoms with Crippen molar-refractivity contribution < 1.29 is 32.3 Å². The summed E-state index contributed by atoms with van der Waals surface area (Å²) in [6.45, 7) is 3.64. The van der Waals surface area contributed by atoms with Crippen LogP contribution in [0.1, 0.15) is 32.3 Å². The van der Waals surface area contributed by atoms with E-state index >= 15 is 0 Å². The van der Waals surface area contributed by atoms with Crippen LogP contribution in [0.15, 0.2) is 30.3 Å². The number of ether oxygens (including phenoxy) is 1. The molecular weight excluding hydrogens is 377 g/mol. The molecule has 0 aliphatic heterocycles. The van der Waals surface area contributed by atoms with E-state index in [1.54, 1.807) is 35.6 Å². The fourth-order valence-corrected chi connectivity index (χ4v) is 2.56. The van der Waals surface area contributed by atoms with Gasteiger partial charge in [0.25, 0.3) is 0 Å². The zero-order valence-corrected chi connectivity index (χ0v) is 16.0. The number of alkyl halides is 3. The minimum Gasteiger partial charge on any atom is -0.467 e. The van der Waals surface area contributed by atoms with Gasteiger partial charge in [-0.1, -0.05) is 44.2 Å². The Balaban J connectivity index is 2.92. The zero-order valence-electron chi connectivity index (χ0n) is 16.0. The number of hydrogen-bond acceptors (Lipinski definition) is 4. The van der Waals surface area contributed by atoms with Crippen LogP contribution in [0.5, 0.6) is 0 Å². The third-order valence-corrected chi connectivity index (χ3v) is 3.95. The molecule has 0 spiro atoms. The molecule has 6 nitrogen and oxygen atoms in total. The van der Waals surface area contributed by atoms with Crippen LogP contribution < -0.4 is 10.6 Å². The molecule has 0 bridgehead atoms. The maximum absolute atomic E-state index is 12.6. The first-order chi connectivity index (χ1) is 13.0. The molecule has 0 saturated heterocycles. The van der Waals surface area contributed by atoms with E-state index in [-0.39, 0.29) is 25.2 Å². The summed E-state index contributed by atoms with van der Waals surface area (Å²) < 4.78 is 42.5. The number of methoxy groups -OCH3 is 1. The molecule has 28 heavy (non-hydrogen) atoms. The van der Waals surface area contributed by atoms with Crippen molar-refractivity contribution in [2.45, 2.75) is 51.4 Å². The van der Waals surface area contributed by atoms with Gasteiger partial charge in [0.15, 0.2) is 0 Å². The molecule has 0 saturated carbocycles. The van der Waals surface area contributed by atoms with Gasteiger partial charge in [-0.25, -0.2) is 4.79 Å². The van der Waals surface area contributed by atoms with Gasteiger partial charge in [0, 0.05) is 0 Å². The average Bonchev–Trinajstić information content (AvgIpc) is 2.63. The standard InChI is InChI=1S/C19H25F3N2O4/c1-12(2)11-15(17(26)28-3)23-16(25)14(24-18(27)19(20,21)22)10-9-13-7-5-4-6-8-13/h4-8,12,14-15H,9-11H2,1-3H3,(H,23,25)(H,24,27)/t14-,15-/m0/s1. The first-order valence-electron chi connectivity index (χ1n) is 8.84. The predicted molar refractivity (Wildman–Crippen MR) is 96.2 cm³/mol. The fraction of sp³-hybridized carbons (Fsp3) is 0.526. The molecule has 0 radical (unpaired) electrons. The molecule has 2 atom stereocenters. The third kappa shape index (κ3) is 7.98. The highest BCUT2D eigenvalue weighted by Gasteiger charge is 2.41. The topological polar surface area (TPSA) is 84.5 Å². The van der Waals surface area contributed by atoms with Crippen LogP contribution in [0.2, 0.25) is 0 Å². The van der Waals surface area contributed by atoms with Gasteiger partial charge < -0.3 is 15.4 Å². The zero-order chi connectivity index (χ0) is 21.3. The monoisotopic (exact) mass is 402 g/mol. The van der Waals surface area contributed by atoms with Gasteiger partial charge >= 0.3 is 18.1 Å². The molecule has 0 aliphatic carbocycles. The van der Waals surface area contributed by atoms with Gasteiger partial charge in [0.1, 0.15) is 12.1 Å². The lowest BCUT2D eigenvalue weighted by molar-refractivity contribution is -0.174. The van der Waals surface area contributed by atoms with Crippen molar-refractivity contribution in [2.24, 2.45) is 5.92 Å². The quantitative estimate of drug-likeness (QED) is 0.621. The van der Waals surface area contributed by atoms with Gasteiger partial charge in [-0.3, -0.25) is 9.59 Å². The Morgan fingerprint density at radius 1 is 1.04 bits per heavy atom. The van der Waals surface area contributed by atoms with Crippen LogP contribution >= 0.6 is 0 Å². The van der Waals surface area contributed by atoms with Gasteiger partial charge in [-0.15, -0.1) is 0 Å². The van der Waals surface area contributed by atoms with Crippen molar-refractivity contribution in [3.63, 3.8) is 0 Å². The van der Waals surface area contributed by atoms with Crippen molar-refractivity contribution in [3.05, 3.63) is 35.9 Å². The first-order valence-corrected chi connectivity index (χ1v) is 8.84. The number of hydrogen-bond donors (Lipinski definition) is 2. The number of halogens is 3. The van der Waals surface area contributed by atoms with Crippen molar-refractivity contribution >= 4 is 17.8 Å². The molecule has 1 aromatic carbocycles. The lowest BCUT2D eigenvalue weighted by Gasteiger charge is -2.23. The van der Waals surface area contributed by atoms with E-state index in [1.807, 2.05) is 13.8 Å². The highest BCUT2D eigenvalue weighted by molar-refractivity contribution is 5.92. The van der Waals surface area contributed by atoms with E-state index in [4.69, 9.17) is 0 Å². The molecule has 0 fully saturated rings. The molecule has 156 valence electrons. The summed E-state index contributed by atoms with van der Waals surface area (Å²) in [6, 6.07) is 6.36. The Kier molecular flexibility index (Phi) is 8.94. The molecule has 0 heterocycles. The third-order valence-electron chi connectivity index (χ3n) is 3.95. The smallest absolute Gasteiger partial charge is 0.467 e. The number of rotatable bonds is 9. The fourth-order valence-electron chi connectivity index (χ4n) is 2.56. The van der Waals surface area contributed by atoms with Crippen molar-refractivity contribution in [1.82, 2.24) is 10.6 Å². The minimum absolute atomic E-state index is 0.0249. The molecule has 0 unspecified atom stereocenters. The van der Waals surface area contributed by atoms with E-state index in [0.717, 1.165) is 12.7 Å². The van der Waals surface area contributed by atoms with Crippen LogP contribution in [-0.2, 0) is 25.5 Å². The lowest BCUT2D eigenvalue weighted by atomic mass is 10.0. The Hall–Kier alpha value is -2.58. The highest BCUT2D eigenvalue weighted by Crippen LogP contribution is 2.16. The second kappa shape index (κ2) is 10.7. The van der Waals surface area contributed by atoms with Gasteiger partial charge in [0.05, 0.1) is 7.11 Å². The van der Waals surface area contributed by atoms with Gasteiger partial charge in [-0.2, -0.15) is 13.2 Å². The van der Waals surface area contributed by atoms with Crippen LogP contribution in [0.3, 0.4) is 0 Å². The van der Waals surface area contributed by atoms with Crippen molar-refractivity contribution in [1.29, 1.82) is 0 Å². The number of esters is 1. The molecule has 2 amide bonds. The summed E-state index contributed by atoms with van der Waals surface area (Å²) >= 11 is 0. The molecule has 9 heteroatoms. The Morgan fingerprint density at radius 3 is 2.14 bits per heavy atom. The van der Waals surface area contributed by atoms with Crippen LogP contribution in [0, 0.1) is 5.92 Å². The average molecular weight is 402 g/mol. The van der Waals surface area contributed by atoms with E-state index in [1.165, 1.54) is 0 Å². The SMILES string of the molecule is COC(=O)[C@H](CC(C)C)NC(=O)[C@H](CCc1ccccc1)NC(=O)C(F)(F)F. The van der Waals surface area contributed by atoms with Crippen LogP contribution in [0.25, 0.3) is 0 Å². The Morgan fingerprint density at radius 2 is 1.64 bits per heavy atom. The summed E-state index contributed by atoms with van der Waals surface area (Å²) in [5.41, 5.74) is 0.799. The minimum atomic E-state index is -5.12. The summed E-state index contributed by atoms with van der Waals surface area (Å²) in [5, 5.41) is 4.11. The van der Waals surface area contributed by atoms with Crippen molar-refractivity contribution in [3.8, 4) is 0 Å². The molecule has 0 aromatic heterocycles. The maximum atomic E-state index is 12.6. The second-order valence-corrected chi connectivity index (χ2v) is 6.76. The number of amides is 2. The van der Waals surface area contributed by atoms with E-state index in [9.17, 15) is 27.6 Å².